The van der Waals surface area contributed by atoms with Gasteiger partial charge in [0.2, 0.25) is 5.91 Å². The van der Waals surface area contributed by atoms with Crippen molar-refractivity contribution in [1.82, 2.24) is 14.6 Å². The first kappa shape index (κ1) is 15.9. The first-order chi connectivity index (χ1) is 11.5. The van der Waals surface area contributed by atoms with Gasteiger partial charge >= 0.3 is 0 Å². The number of non-ortho nitro benzene ring substituents is 1. The average Bonchev–Trinajstić information content (AvgIpc) is 2.98. The van der Waals surface area contributed by atoms with Crippen molar-refractivity contribution < 1.29 is 9.72 Å². The SMILES string of the molecule is C[C@@H](Sc1nnc2ccccn12)C(=O)Nc1ccc([N+](=O)[O-])cc1. The number of fused-ring (bicyclic) bond motifs is 1. The molecule has 1 N–H and O–H groups in total. The number of carbonyl (C=O) groups is 1. The van der Waals surface area contributed by atoms with E-state index in [0.29, 0.717) is 16.5 Å². The molecule has 0 saturated carbocycles. The van der Waals surface area contributed by atoms with Crippen molar-refractivity contribution in [2.24, 2.45) is 0 Å². The molecule has 0 aliphatic rings. The van der Waals surface area contributed by atoms with Gasteiger partial charge in [0.25, 0.3) is 5.69 Å². The van der Waals surface area contributed by atoms with Gasteiger partial charge in [-0.15, -0.1) is 10.2 Å². The number of pyridine rings is 1. The third-order valence-electron chi connectivity index (χ3n) is 3.28. The molecule has 122 valence electrons. The van der Waals surface area contributed by atoms with Gasteiger partial charge in [0.1, 0.15) is 0 Å². The second-order valence-corrected chi connectivity index (χ2v) is 6.27. The number of amides is 1. The molecule has 9 heteroatoms. The Hall–Kier alpha value is -2.94. The lowest BCUT2D eigenvalue weighted by Crippen LogP contribution is -2.22. The Labute approximate surface area is 141 Å². The van der Waals surface area contributed by atoms with Crippen LogP contribution >= 0.6 is 11.8 Å². The zero-order valence-electron chi connectivity index (χ0n) is 12.6. The van der Waals surface area contributed by atoms with E-state index in [1.807, 2.05) is 24.4 Å². The molecule has 0 saturated heterocycles. The van der Waals surface area contributed by atoms with Gasteiger partial charge in [0.05, 0.1) is 10.2 Å². The molecule has 0 bridgehead atoms. The number of rotatable bonds is 5. The van der Waals surface area contributed by atoms with Crippen LogP contribution in [0, 0.1) is 10.1 Å². The van der Waals surface area contributed by atoms with E-state index < -0.39 is 10.2 Å². The molecule has 24 heavy (non-hydrogen) atoms. The molecule has 0 aliphatic heterocycles. The molecular weight excluding hydrogens is 330 g/mol. The summed E-state index contributed by atoms with van der Waals surface area (Å²) in [5, 5.41) is 21.7. The number of nitro benzene ring substituents is 1. The van der Waals surface area contributed by atoms with Crippen molar-refractivity contribution in [1.29, 1.82) is 0 Å². The third kappa shape index (κ3) is 3.35. The Morgan fingerprint density at radius 2 is 2.00 bits per heavy atom. The summed E-state index contributed by atoms with van der Waals surface area (Å²) in [7, 11) is 0. The minimum atomic E-state index is -0.486. The number of benzene rings is 1. The molecular formula is C15H13N5O3S. The lowest BCUT2D eigenvalue weighted by molar-refractivity contribution is -0.384. The molecule has 1 aromatic carbocycles. The van der Waals surface area contributed by atoms with Crippen LogP contribution in [0.15, 0.2) is 53.8 Å². The maximum atomic E-state index is 12.3. The normalized spacial score (nSPS) is 12.0. The molecule has 0 radical (unpaired) electrons. The number of nitrogens with zero attached hydrogens (tertiary/aromatic N) is 4. The van der Waals surface area contributed by atoms with Crippen LogP contribution in [-0.4, -0.2) is 30.7 Å². The van der Waals surface area contributed by atoms with Crippen LogP contribution in [0.25, 0.3) is 5.65 Å². The minimum absolute atomic E-state index is 0.0228. The average molecular weight is 343 g/mol. The fraction of sp³-hybridized carbons (Fsp3) is 0.133. The van der Waals surface area contributed by atoms with Crippen molar-refractivity contribution in [2.75, 3.05) is 5.32 Å². The first-order valence-electron chi connectivity index (χ1n) is 7.06. The Bertz CT molecular complexity index is 894. The van der Waals surface area contributed by atoms with Crippen LogP contribution in [0.1, 0.15) is 6.92 Å². The molecule has 3 rings (SSSR count). The predicted molar refractivity (Wildman–Crippen MR) is 90.0 cm³/mol. The van der Waals surface area contributed by atoms with Crippen molar-refractivity contribution in [3.63, 3.8) is 0 Å². The maximum absolute atomic E-state index is 12.3. The summed E-state index contributed by atoms with van der Waals surface area (Å²) in [5.74, 6) is -0.221. The van der Waals surface area contributed by atoms with E-state index in [2.05, 4.69) is 15.5 Å². The topological polar surface area (TPSA) is 102 Å². The van der Waals surface area contributed by atoms with Gasteiger partial charge in [-0.25, -0.2) is 0 Å². The van der Waals surface area contributed by atoms with Gasteiger partial charge in [0.15, 0.2) is 10.8 Å². The van der Waals surface area contributed by atoms with E-state index in [-0.39, 0.29) is 11.6 Å². The third-order valence-corrected chi connectivity index (χ3v) is 4.34. The number of aromatic nitrogens is 3. The lowest BCUT2D eigenvalue weighted by atomic mass is 10.3. The Morgan fingerprint density at radius 3 is 2.71 bits per heavy atom. The van der Waals surface area contributed by atoms with Gasteiger partial charge in [-0.05, 0) is 31.2 Å². The highest BCUT2D eigenvalue weighted by molar-refractivity contribution is 8.00. The highest BCUT2D eigenvalue weighted by atomic mass is 32.2. The van der Waals surface area contributed by atoms with E-state index in [1.165, 1.54) is 36.0 Å². The summed E-state index contributed by atoms with van der Waals surface area (Å²) < 4.78 is 1.81. The van der Waals surface area contributed by atoms with Gasteiger partial charge in [-0.3, -0.25) is 19.3 Å². The van der Waals surface area contributed by atoms with Crippen molar-refractivity contribution in [3.8, 4) is 0 Å². The molecule has 0 fully saturated rings. The van der Waals surface area contributed by atoms with E-state index in [4.69, 9.17) is 0 Å². The predicted octanol–water partition coefficient (Wildman–Crippen LogP) is 2.76. The van der Waals surface area contributed by atoms with Gasteiger partial charge in [-0.2, -0.15) is 0 Å². The van der Waals surface area contributed by atoms with E-state index in [0.717, 1.165) is 0 Å². The number of carbonyl (C=O) groups excluding carboxylic acids is 1. The summed E-state index contributed by atoms with van der Waals surface area (Å²) in [4.78, 5) is 22.4. The number of hydrogen-bond acceptors (Lipinski definition) is 6. The van der Waals surface area contributed by atoms with Crippen molar-refractivity contribution in [3.05, 3.63) is 58.8 Å². The molecule has 0 unspecified atom stereocenters. The van der Waals surface area contributed by atoms with E-state index >= 15 is 0 Å². The van der Waals surface area contributed by atoms with Crippen molar-refractivity contribution >= 4 is 34.7 Å². The molecule has 1 atom stereocenters. The van der Waals surface area contributed by atoms with E-state index in [9.17, 15) is 14.9 Å². The summed E-state index contributed by atoms with van der Waals surface area (Å²) in [6.45, 7) is 1.76. The Morgan fingerprint density at radius 1 is 1.25 bits per heavy atom. The number of nitrogens with one attached hydrogen (secondary N) is 1. The summed E-state index contributed by atoms with van der Waals surface area (Å²) >= 11 is 1.28. The van der Waals surface area contributed by atoms with Gasteiger partial charge < -0.3 is 5.32 Å². The standard InChI is InChI=1S/C15H13N5O3S/c1-10(24-15-18-17-13-4-2-3-9-19(13)15)14(21)16-11-5-7-12(8-6-11)20(22)23/h2-10H,1H3,(H,16,21)/t10-/m1/s1. The van der Waals surface area contributed by atoms with Gasteiger partial charge in [0, 0.05) is 24.0 Å². The molecule has 0 aliphatic carbocycles. The Kier molecular flexibility index (Phi) is 4.43. The fourth-order valence-corrected chi connectivity index (χ4v) is 2.86. The summed E-state index contributed by atoms with van der Waals surface area (Å²) in [6, 6.07) is 11.3. The highest BCUT2D eigenvalue weighted by Crippen LogP contribution is 2.23. The van der Waals surface area contributed by atoms with E-state index in [1.54, 1.807) is 11.3 Å². The number of anilines is 1. The molecule has 3 aromatic rings. The summed E-state index contributed by atoms with van der Waals surface area (Å²) in [5.41, 5.74) is 1.19. The smallest absolute Gasteiger partial charge is 0.269 e. The first-order valence-corrected chi connectivity index (χ1v) is 7.94. The zero-order valence-corrected chi connectivity index (χ0v) is 13.4. The maximum Gasteiger partial charge on any atom is 0.269 e. The monoisotopic (exact) mass is 343 g/mol. The van der Waals surface area contributed by atoms with Crippen LogP contribution in [0.5, 0.6) is 0 Å². The second kappa shape index (κ2) is 6.67. The van der Waals surface area contributed by atoms with Crippen LogP contribution in [0.4, 0.5) is 11.4 Å². The van der Waals surface area contributed by atoms with Crippen LogP contribution in [-0.2, 0) is 4.79 Å². The van der Waals surface area contributed by atoms with Crippen LogP contribution in [0.3, 0.4) is 0 Å². The highest BCUT2D eigenvalue weighted by Gasteiger charge is 2.18. The largest absolute Gasteiger partial charge is 0.325 e. The fourth-order valence-electron chi connectivity index (χ4n) is 2.02. The molecule has 2 aromatic heterocycles. The molecule has 8 nitrogen and oxygen atoms in total. The quantitative estimate of drug-likeness (QED) is 0.434. The number of hydrogen-bond donors (Lipinski definition) is 1. The van der Waals surface area contributed by atoms with Crippen LogP contribution in [0.2, 0.25) is 0 Å². The van der Waals surface area contributed by atoms with Crippen molar-refractivity contribution in [2.45, 2.75) is 17.3 Å². The van der Waals surface area contributed by atoms with Crippen LogP contribution < -0.4 is 5.32 Å². The second-order valence-electron chi connectivity index (χ2n) is 4.96. The molecule has 0 spiro atoms. The minimum Gasteiger partial charge on any atom is -0.325 e. The Balaban J connectivity index is 1.67. The van der Waals surface area contributed by atoms with Gasteiger partial charge in [-0.1, -0.05) is 17.8 Å². The number of nitro groups is 1. The zero-order chi connectivity index (χ0) is 17.1. The number of thioether (sulfide) groups is 1. The summed E-state index contributed by atoms with van der Waals surface area (Å²) in [6.07, 6.45) is 1.83. The molecule has 2 heterocycles. The lowest BCUT2D eigenvalue weighted by Gasteiger charge is -2.10. The molecule has 1 amide bonds.